The van der Waals surface area contributed by atoms with Crippen molar-refractivity contribution in [1.82, 2.24) is 14.3 Å². The summed E-state index contributed by atoms with van der Waals surface area (Å²) in [6.07, 6.45) is 3.08. The van der Waals surface area contributed by atoms with E-state index in [1.54, 1.807) is 0 Å². The van der Waals surface area contributed by atoms with Crippen LogP contribution < -0.4 is 0 Å². The third kappa shape index (κ3) is 2.34. The Balaban J connectivity index is 2.00. The number of hydrogen-bond donors (Lipinski definition) is 0. The molecule has 0 atom stereocenters. The van der Waals surface area contributed by atoms with Crippen molar-refractivity contribution in [3.63, 3.8) is 0 Å². The van der Waals surface area contributed by atoms with Crippen molar-refractivity contribution in [2.45, 2.75) is 33.4 Å². The standard InChI is InChI=1S/C16H18ClN3/c1-3-14-10-15(20(4-2)18-14)11-19-8-7-12-5-6-13(17)9-16(12)19/h5-10H,3-4,11H2,1-2H3. The molecule has 0 amide bonds. The van der Waals surface area contributed by atoms with Crippen molar-refractivity contribution in [3.05, 3.63) is 52.9 Å². The Hall–Kier alpha value is -1.74. The van der Waals surface area contributed by atoms with Crippen LogP contribution in [-0.2, 0) is 19.5 Å². The van der Waals surface area contributed by atoms with Gasteiger partial charge in [0.05, 0.1) is 17.9 Å². The van der Waals surface area contributed by atoms with E-state index < -0.39 is 0 Å². The number of aromatic nitrogens is 3. The van der Waals surface area contributed by atoms with Crippen LogP contribution in [0.4, 0.5) is 0 Å². The van der Waals surface area contributed by atoms with Gasteiger partial charge in [-0.2, -0.15) is 5.10 Å². The van der Waals surface area contributed by atoms with Crippen LogP contribution in [0.1, 0.15) is 25.2 Å². The van der Waals surface area contributed by atoms with E-state index in [1.807, 2.05) is 12.1 Å². The predicted octanol–water partition coefficient (Wildman–Crippen LogP) is 4.12. The van der Waals surface area contributed by atoms with Crippen molar-refractivity contribution in [2.24, 2.45) is 0 Å². The predicted molar refractivity (Wildman–Crippen MR) is 83.3 cm³/mol. The van der Waals surface area contributed by atoms with Crippen LogP contribution in [0.25, 0.3) is 10.9 Å². The Bertz CT molecular complexity index is 739. The fourth-order valence-electron chi connectivity index (χ4n) is 2.56. The highest BCUT2D eigenvalue weighted by atomic mass is 35.5. The number of nitrogens with zero attached hydrogens (tertiary/aromatic N) is 3. The topological polar surface area (TPSA) is 22.8 Å². The Morgan fingerprint density at radius 2 is 2.00 bits per heavy atom. The maximum Gasteiger partial charge on any atom is 0.0645 e. The van der Waals surface area contributed by atoms with E-state index in [9.17, 15) is 0 Å². The molecule has 0 saturated heterocycles. The van der Waals surface area contributed by atoms with Crippen molar-refractivity contribution in [1.29, 1.82) is 0 Å². The molecule has 0 fully saturated rings. The van der Waals surface area contributed by atoms with Gasteiger partial charge in [-0.3, -0.25) is 4.68 Å². The first-order valence-corrected chi connectivity index (χ1v) is 7.39. The summed E-state index contributed by atoms with van der Waals surface area (Å²) in [7, 11) is 0. The lowest BCUT2D eigenvalue weighted by atomic mass is 10.2. The summed E-state index contributed by atoms with van der Waals surface area (Å²) in [6, 6.07) is 10.3. The second-order valence-corrected chi connectivity index (χ2v) is 5.38. The van der Waals surface area contributed by atoms with Gasteiger partial charge in [0.1, 0.15) is 0 Å². The summed E-state index contributed by atoms with van der Waals surface area (Å²) in [5, 5.41) is 6.59. The van der Waals surface area contributed by atoms with Gasteiger partial charge in [-0.15, -0.1) is 0 Å². The zero-order valence-electron chi connectivity index (χ0n) is 11.8. The lowest BCUT2D eigenvalue weighted by molar-refractivity contribution is 0.599. The summed E-state index contributed by atoms with van der Waals surface area (Å²) in [6.45, 7) is 5.98. The van der Waals surface area contributed by atoms with Gasteiger partial charge in [-0.25, -0.2) is 0 Å². The van der Waals surface area contributed by atoms with Crippen LogP contribution in [0.5, 0.6) is 0 Å². The fraction of sp³-hybridized carbons (Fsp3) is 0.312. The molecule has 0 aliphatic rings. The second-order valence-electron chi connectivity index (χ2n) is 4.94. The molecule has 0 aliphatic carbocycles. The van der Waals surface area contributed by atoms with E-state index in [2.05, 4.69) is 52.6 Å². The lowest BCUT2D eigenvalue weighted by Gasteiger charge is -2.07. The molecule has 1 aromatic carbocycles. The summed E-state index contributed by atoms with van der Waals surface area (Å²) in [5.41, 5.74) is 3.55. The molecular formula is C16H18ClN3. The number of benzene rings is 1. The zero-order valence-corrected chi connectivity index (χ0v) is 12.6. The van der Waals surface area contributed by atoms with E-state index in [0.29, 0.717) is 0 Å². The van der Waals surface area contributed by atoms with E-state index in [-0.39, 0.29) is 0 Å². The minimum Gasteiger partial charge on any atom is -0.341 e. The minimum absolute atomic E-state index is 0.774. The molecule has 2 heterocycles. The van der Waals surface area contributed by atoms with Crippen LogP contribution in [0, 0.1) is 0 Å². The van der Waals surface area contributed by atoms with Gasteiger partial charge in [0.25, 0.3) is 0 Å². The Kier molecular flexibility index (Phi) is 3.53. The maximum atomic E-state index is 6.10. The number of halogens is 1. The van der Waals surface area contributed by atoms with E-state index >= 15 is 0 Å². The molecular weight excluding hydrogens is 270 g/mol. The van der Waals surface area contributed by atoms with Crippen LogP contribution in [0.15, 0.2) is 36.5 Å². The highest BCUT2D eigenvalue weighted by Gasteiger charge is 2.08. The molecule has 0 bridgehead atoms. The van der Waals surface area contributed by atoms with Gasteiger partial charge in [-0.05, 0) is 43.0 Å². The first kappa shape index (κ1) is 13.3. The number of hydrogen-bond acceptors (Lipinski definition) is 1. The van der Waals surface area contributed by atoms with Crippen molar-refractivity contribution in [3.8, 4) is 0 Å². The molecule has 0 spiro atoms. The molecule has 2 aromatic heterocycles. The second kappa shape index (κ2) is 5.33. The molecule has 0 aliphatic heterocycles. The molecule has 0 saturated carbocycles. The molecule has 0 N–H and O–H groups in total. The van der Waals surface area contributed by atoms with Gasteiger partial charge in [0, 0.05) is 23.3 Å². The minimum atomic E-state index is 0.774. The lowest BCUT2D eigenvalue weighted by Crippen LogP contribution is -2.07. The highest BCUT2D eigenvalue weighted by molar-refractivity contribution is 6.31. The van der Waals surface area contributed by atoms with Crippen LogP contribution >= 0.6 is 11.6 Å². The summed E-state index contributed by atoms with van der Waals surface area (Å²) >= 11 is 6.10. The highest BCUT2D eigenvalue weighted by Crippen LogP contribution is 2.21. The van der Waals surface area contributed by atoms with Gasteiger partial charge >= 0.3 is 0 Å². The first-order valence-electron chi connectivity index (χ1n) is 7.01. The van der Waals surface area contributed by atoms with Crippen molar-refractivity contribution >= 4 is 22.5 Å². The van der Waals surface area contributed by atoms with Crippen LogP contribution in [0.3, 0.4) is 0 Å². The summed E-state index contributed by atoms with van der Waals surface area (Å²) < 4.78 is 4.30. The summed E-state index contributed by atoms with van der Waals surface area (Å²) in [4.78, 5) is 0. The van der Waals surface area contributed by atoms with E-state index in [4.69, 9.17) is 11.6 Å². The van der Waals surface area contributed by atoms with Gasteiger partial charge in [0.15, 0.2) is 0 Å². The van der Waals surface area contributed by atoms with E-state index in [1.165, 1.54) is 16.6 Å². The molecule has 3 rings (SSSR count). The van der Waals surface area contributed by atoms with Crippen LogP contribution in [-0.4, -0.2) is 14.3 Å². The number of rotatable bonds is 4. The fourth-order valence-corrected chi connectivity index (χ4v) is 2.72. The monoisotopic (exact) mass is 287 g/mol. The Morgan fingerprint density at radius 3 is 2.75 bits per heavy atom. The Morgan fingerprint density at radius 1 is 1.15 bits per heavy atom. The van der Waals surface area contributed by atoms with Gasteiger partial charge in [-0.1, -0.05) is 24.6 Å². The molecule has 0 unspecified atom stereocenters. The van der Waals surface area contributed by atoms with Crippen LogP contribution in [0.2, 0.25) is 5.02 Å². The first-order chi connectivity index (χ1) is 9.71. The molecule has 0 radical (unpaired) electrons. The van der Waals surface area contributed by atoms with Gasteiger partial charge < -0.3 is 4.57 Å². The normalized spacial score (nSPS) is 11.3. The molecule has 20 heavy (non-hydrogen) atoms. The zero-order chi connectivity index (χ0) is 14.1. The molecule has 104 valence electrons. The number of aryl methyl sites for hydroxylation is 2. The quantitative estimate of drug-likeness (QED) is 0.708. The third-order valence-electron chi connectivity index (χ3n) is 3.64. The maximum absolute atomic E-state index is 6.10. The molecule has 4 heteroatoms. The third-order valence-corrected chi connectivity index (χ3v) is 3.88. The SMILES string of the molecule is CCc1cc(Cn2ccc3ccc(Cl)cc32)n(CC)n1. The number of fused-ring (bicyclic) bond motifs is 1. The average molecular weight is 288 g/mol. The van der Waals surface area contributed by atoms with E-state index in [0.717, 1.165) is 30.2 Å². The van der Waals surface area contributed by atoms with Crippen molar-refractivity contribution < 1.29 is 0 Å². The summed E-state index contributed by atoms with van der Waals surface area (Å²) in [5.74, 6) is 0. The smallest absolute Gasteiger partial charge is 0.0645 e. The van der Waals surface area contributed by atoms with Gasteiger partial charge in [0.2, 0.25) is 0 Å². The van der Waals surface area contributed by atoms with Crippen molar-refractivity contribution in [2.75, 3.05) is 0 Å². The molecule has 3 aromatic rings. The molecule has 3 nitrogen and oxygen atoms in total. The largest absolute Gasteiger partial charge is 0.341 e. The average Bonchev–Trinajstić information content (AvgIpc) is 3.03. The Labute approximate surface area is 123 Å².